The van der Waals surface area contributed by atoms with Gasteiger partial charge in [-0.15, -0.1) is 0 Å². The van der Waals surface area contributed by atoms with Gasteiger partial charge in [-0.2, -0.15) is 0 Å². The third-order valence-electron chi connectivity index (χ3n) is 4.43. The van der Waals surface area contributed by atoms with E-state index < -0.39 is 0 Å². The van der Waals surface area contributed by atoms with Crippen LogP contribution in [0.15, 0.2) is 42.6 Å². The van der Waals surface area contributed by atoms with E-state index in [2.05, 4.69) is 27.3 Å². The summed E-state index contributed by atoms with van der Waals surface area (Å²) in [5.74, 6) is 1.28. The van der Waals surface area contributed by atoms with E-state index in [0.717, 1.165) is 31.0 Å². The fourth-order valence-corrected chi connectivity index (χ4v) is 2.98. The standard InChI is InChI=1S/C19H23N3O2/c1-14-6-7-16(12-20-14)19(23)21-11-15-8-9-22(13-15)17-4-3-5-18(10-17)24-2/h3-7,10,12,15H,8-9,11,13H2,1-2H3,(H,21,23). The average Bonchev–Trinajstić information content (AvgIpc) is 3.09. The number of methoxy groups -OCH3 is 1. The molecule has 1 aromatic heterocycles. The molecular weight excluding hydrogens is 302 g/mol. The molecule has 0 radical (unpaired) electrons. The van der Waals surface area contributed by atoms with Gasteiger partial charge in [0.1, 0.15) is 5.75 Å². The van der Waals surface area contributed by atoms with Crippen molar-refractivity contribution in [3.63, 3.8) is 0 Å². The first-order chi connectivity index (χ1) is 11.7. The first kappa shape index (κ1) is 16.3. The Hall–Kier alpha value is -2.56. The third kappa shape index (κ3) is 3.85. The summed E-state index contributed by atoms with van der Waals surface area (Å²) in [6.45, 7) is 4.54. The van der Waals surface area contributed by atoms with Gasteiger partial charge in [-0.1, -0.05) is 6.07 Å². The summed E-state index contributed by atoms with van der Waals surface area (Å²) in [7, 11) is 1.68. The number of hydrogen-bond donors (Lipinski definition) is 1. The maximum absolute atomic E-state index is 12.2. The van der Waals surface area contributed by atoms with Crippen LogP contribution in [0.4, 0.5) is 5.69 Å². The zero-order valence-electron chi connectivity index (χ0n) is 14.2. The molecule has 1 N–H and O–H groups in total. The molecule has 5 nitrogen and oxygen atoms in total. The van der Waals surface area contributed by atoms with Crippen molar-refractivity contribution in [3.05, 3.63) is 53.9 Å². The van der Waals surface area contributed by atoms with Crippen LogP contribution in [0.2, 0.25) is 0 Å². The lowest BCUT2D eigenvalue weighted by Gasteiger charge is -2.19. The fraction of sp³-hybridized carbons (Fsp3) is 0.368. The highest BCUT2D eigenvalue weighted by atomic mass is 16.5. The molecular formula is C19H23N3O2. The summed E-state index contributed by atoms with van der Waals surface area (Å²) < 4.78 is 5.29. The molecule has 126 valence electrons. The van der Waals surface area contributed by atoms with Crippen LogP contribution >= 0.6 is 0 Å². The number of benzene rings is 1. The molecule has 3 rings (SSSR count). The quantitative estimate of drug-likeness (QED) is 0.918. The van der Waals surface area contributed by atoms with Gasteiger partial charge in [0.15, 0.2) is 0 Å². The minimum absolute atomic E-state index is 0.0534. The lowest BCUT2D eigenvalue weighted by atomic mass is 10.1. The van der Waals surface area contributed by atoms with E-state index in [1.165, 1.54) is 5.69 Å². The van der Waals surface area contributed by atoms with Crippen molar-refractivity contribution in [2.75, 3.05) is 31.6 Å². The molecule has 1 atom stereocenters. The number of nitrogens with one attached hydrogen (secondary N) is 1. The van der Waals surface area contributed by atoms with Crippen molar-refractivity contribution in [2.24, 2.45) is 5.92 Å². The number of pyridine rings is 1. The fourth-order valence-electron chi connectivity index (χ4n) is 2.98. The Morgan fingerprint density at radius 3 is 3.00 bits per heavy atom. The molecule has 1 aliphatic heterocycles. The molecule has 1 saturated heterocycles. The van der Waals surface area contributed by atoms with E-state index in [1.807, 2.05) is 31.2 Å². The Morgan fingerprint density at radius 1 is 1.38 bits per heavy atom. The zero-order chi connectivity index (χ0) is 16.9. The predicted molar refractivity (Wildman–Crippen MR) is 94.6 cm³/mol. The number of amides is 1. The summed E-state index contributed by atoms with van der Waals surface area (Å²) in [4.78, 5) is 18.7. The second-order valence-corrected chi connectivity index (χ2v) is 6.20. The van der Waals surface area contributed by atoms with E-state index in [1.54, 1.807) is 13.3 Å². The number of aryl methyl sites for hydroxylation is 1. The summed E-state index contributed by atoms with van der Waals surface area (Å²) in [6, 6.07) is 11.8. The lowest BCUT2D eigenvalue weighted by molar-refractivity contribution is 0.0948. The first-order valence-electron chi connectivity index (χ1n) is 8.25. The smallest absolute Gasteiger partial charge is 0.252 e. The molecule has 0 saturated carbocycles. The first-order valence-corrected chi connectivity index (χ1v) is 8.25. The number of anilines is 1. The van der Waals surface area contributed by atoms with Gasteiger partial charge < -0.3 is 15.0 Å². The molecule has 2 aromatic rings. The van der Waals surface area contributed by atoms with Gasteiger partial charge >= 0.3 is 0 Å². The Labute approximate surface area is 142 Å². The van der Waals surface area contributed by atoms with Crippen molar-refractivity contribution in [3.8, 4) is 5.75 Å². The number of carbonyl (C=O) groups is 1. The number of carbonyl (C=O) groups excluding carboxylic acids is 1. The van der Waals surface area contributed by atoms with Crippen LogP contribution in [0.25, 0.3) is 0 Å². The van der Waals surface area contributed by atoms with Crippen LogP contribution in [0, 0.1) is 12.8 Å². The van der Waals surface area contributed by atoms with E-state index in [-0.39, 0.29) is 5.91 Å². The summed E-state index contributed by atoms with van der Waals surface area (Å²) in [6.07, 6.45) is 2.70. The minimum Gasteiger partial charge on any atom is -0.497 e. The number of ether oxygens (including phenoxy) is 1. The molecule has 5 heteroatoms. The average molecular weight is 325 g/mol. The summed E-state index contributed by atoms with van der Waals surface area (Å²) >= 11 is 0. The minimum atomic E-state index is -0.0534. The van der Waals surface area contributed by atoms with Crippen LogP contribution in [0.5, 0.6) is 5.75 Å². The van der Waals surface area contributed by atoms with Crippen molar-refractivity contribution < 1.29 is 9.53 Å². The van der Waals surface area contributed by atoms with Gasteiger partial charge in [0, 0.05) is 43.3 Å². The molecule has 1 unspecified atom stereocenters. The van der Waals surface area contributed by atoms with Crippen LogP contribution in [-0.2, 0) is 0 Å². The third-order valence-corrected chi connectivity index (χ3v) is 4.43. The molecule has 0 spiro atoms. The molecule has 24 heavy (non-hydrogen) atoms. The van der Waals surface area contributed by atoms with Gasteiger partial charge in [-0.05, 0) is 43.5 Å². The Kier molecular flexibility index (Phi) is 4.99. The van der Waals surface area contributed by atoms with Crippen molar-refractivity contribution in [1.29, 1.82) is 0 Å². The highest BCUT2D eigenvalue weighted by Gasteiger charge is 2.23. The normalized spacial score (nSPS) is 16.9. The van der Waals surface area contributed by atoms with Gasteiger partial charge in [0.05, 0.1) is 12.7 Å². The van der Waals surface area contributed by atoms with Crippen LogP contribution in [0.3, 0.4) is 0 Å². The van der Waals surface area contributed by atoms with Crippen LogP contribution in [-0.4, -0.2) is 37.6 Å². The largest absolute Gasteiger partial charge is 0.497 e. The number of rotatable bonds is 5. The molecule has 1 aliphatic rings. The summed E-state index contributed by atoms with van der Waals surface area (Å²) in [5.41, 5.74) is 2.70. The number of nitrogens with zero attached hydrogens (tertiary/aromatic N) is 2. The van der Waals surface area contributed by atoms with Gasteiger partial charge in [0.2, 0.25) is 0 Å². The van der Waals surface area contributed by atoms with E-state index in [9.17, 15) is 4.79 Å². The SMILES string of the molecule is COc1cccc(N2CCC(CNC(=O)c3ccc(C)nc3)C2)c1. The van der Waals surface area contributed by atoms with Crippen molar-refractivity contribution in [2.45, 2.75) is 13.3 Å². The molecule has 1 fully saturated rings. The van der Waals surface area contributed by atoms with E-state index in [0.29, 0.717) is 18.0 Å². The van der Waals surface area contributed by atoms with Crippen LogP contribution in [0.1, 0.15) is 22.5 Å². The zero-order valence-corrected chi connectivity index (χ0v) is 14.2. The molecule has 2 heterocycles. The van der Waals surface area contributed by atoms with Crippen molar-refractivity contribution in [1.82, 2.24) is 10.3 Å². The summed E-state index contributed by atoms with van der Waals surface area (Å²) in [5, 5.41) is 3.02. The monoisotopic (exact) mass is 325 g/mol. The predicted octanol–water partition coefficient (Wildman–Crippen LogP) is 2.65. The number of hydrogen-bond acceptors (Lipinski definition) is 4. The van der Waals surface area contributed by atoms with E-state index >= 15 is 0 Å². The maximum atomic E-state index is 12.2. The molecule has 1 aromatic carbocycles. The topological polar surface area (TPSA) is 54.5 Å². The molecule has 1 amide bonds. The Bertz CT molecular complexity index is 700. The van der Waals surface area contributed by atoms with Gasteiger partial charge in [0.25, 0.3) is 5.91 Å². The van der Waals surface area contributed by atoms with E-state index in [4.69, 9.17) is 4.74 Å². The highest BCUT2D eigenvalue weighted by Crippen LogP contribution is 2.26. The van der Waals surface area contributed by atoms with Gasteiger partial charge in [-0.25, -0.2) is 0 Å². The second kappa shape index (κ2) is 7.34. The maximum Gasteiger partial charge on any atom is 0.252 e. The van der Waals surface area contributed by atoms with Gasteiger partial charge in [-0.3, -0.25) is 9.78 Å². The Morgan fingerprint density at radius 2 is 2.25 bits per heavy atom. The Balaban J connectivity index is 1.52. The van der Waals surface area contributed by atoms with Crippen molar-refractivity contribution >= 4 is 11.6 Å². The lowest BCUT2D eigenvalue weighted by Crippen LogP contribution is -2.31. The number of aromatic nitrogens is 1. The van der Waals surface area contributed by atoms with Crippen LogP contribution < -0.4 is 15.0 Å². The highest BCUT2D eigenvalue weighted by molar-refractivity contribution is 5.93. The molecule has 0 aliphatic carbocycles. The second-order valence-electron chi connectivity index (χ2n) is 6.20. The molecule has 0 bridgehead atoms.